The van der Waals surface area contributed by atoms with Crippen LogP contribution in [0.25, 0.3) is 0 Å². The fraction of sp³-hybridized carbons (Fsp3) is 0.571. The highest BCUT2D eigenvalue weighted by molar-refractivity contribution is 7.89. The van der Waals surface area contributed by atoms with Crippen molar-refractivity contribution in [2.45, 2.75) is 18.2 Å². The van der Waals surface area contributed by atoms with Crippen LogP contribution in [0.3, 0.4) is 0 Å². The van der Waals surface area contributed by atoms with Crippen LogP contribution < -0.4 is 4.74 Å². The van der Waals surface area contributed by atoms with Crippen molar-refractivity contribution in [2.75, 3.05) is 39.5 Å². The minimum atomic E-state index is -3.72. The van der Waals surface area contributed by atoms with E-state index < -0.39 is 20.0 Å². The quantitative estimate of drug-likeness (QED) is 0.763. The molecule has 23 heavy (non-hydrogen) atoms. The Morgan fingerprint density at radius 1 is 1.04 bits per heavy atom. The van der Waals surface area contributed by atoms with Crippen molar-refractivity contribution in [3.05, 3.63) is 23.8 Å². The molecule has 1 heterocycles. The summed E-state index contributed by atoms with van der Waals surface area (Å²) in [6.45, 7) is 2.54. The summed E-state index contributed by atoms with van der Waals surface area (Å²) in [7, 11) is -5.58. The van der Waals surface area contributed by atoms with Gasteiger partial charge in [0.15, 0.2) is 0 Å². The van der Waals surface area contributed by atoms with E-state index in [0.29, 0.717) is 12.2 Å². The summed E-state index contributed by atoms with van der Waals surface area (Å²) >= 11 is 0. The number of nitrogens with zero attached hydrogens (tertiary/aromatic N) is 2. The van der Waals surface area contributed by atoms with Gasteiger partial charge in [0, 0.05) is 26.2 Å². The van der Waals surface area contributed by atoms with Gasteiger partial charge in [-0.2, -0.15) is 8.61 Å². The van der Waals surface area contributed by atoms with E-state index >= 15 is 0 Å². The number of sulfonamides is 2. The Labute approximate surface area is 137 Å². The molecule has 0 amide bonds. The number of ether oxygens (including phenoxy) is 1. The molecule has 0 atom stereocenters. The van der Waals surface area contributed by atoms with Crippen molar-refractivity contribution in [3.8, 4) is 5.75 Å². The minimum Gasteiger partial charge on any atom is -0.495 e. The summed E-state index contributed by atoms with van der Waals surface area (Å²) in [6.07, 6.45) is 1.85. The average molecular weight is 362 g/mol. The Morgan fingerprint density at radius 3 is 2.09 bits per heavy atom. The first-order valence-electron chi connectivity index (χ1n) is 7.32. The van der Waals surface area contributed by atoms with E-state index in [1.807, 2.05) is 13.0 Å². The topological polar surface area (TPSA) is 84.0 Å². The summed E-state index contributed by atoms with van der Waals surface area (Å²) < 4.78 is 56.6. The molecule has 1 aliphatic heterocycles. The first kappa shape index (κ1) is 18.2. The lowest BCUT2D eigenvalue weighted by molar-refractivity contribution is 0.273. The largest absolute Gasteiger partial charge is 0.495 e. The maximum Gasteiger partial charge on any atom is 0.246 e. The van der Waals surface area contributed by atoms with Crippen molar-refractivity contribution < 1.29 is 21.6 Å². The Balaban J connectivity index is 2.30. The fourth-order valence-electron chi connectivity index (χ4n) is 2.52. The predicted molar refractivity (Wildman–Crippen MR) is 87.5 cm³/mol. The van der Waals surface area contributed by atoms with Gasteiger partial charge in [-0.1, -0.05) is 13.0 Å². The Hall–Kier alpha value is -1.16. The van der Waals surface area contributed by atoms with Gasteiger partial charge in [0.2, 0.25) is 20.0 Å². The van der Waals surface area contributed by atoms with Crippen LogP contribution in [0, 0.1) is 0 Å². The predicted octanol–water partition coefficient (Wildman–Crippen LogP) is 0.524. The molecule has 130 valence electrons. The monoisotopic (exact) mass is 362 g/mol. The zero-order valence-electron chi connectivity index (χ0n) is 13.5. The summed E-state index contributed by atoms with van der Waals surface area (Å²) in [5.74, 6) is 0.299. The highest BCUT2D eigenvalue weighted by atomic mass is 32.2. The highest BCUT2D eigenvalue weighted by Crippen LogP contribution is 2.28. The van der Waals surface area contributed by atoms with Crippen LogP contribution in [0.5, 0.6) is 5.75 Å². The maximum atomic E-state index is 12.9. The number of hydrogen-bond donors (Lipinski definition) is 0. The van der Waals surface area contributed by atoms with Gasteiger partial charge in [0.1, 0.15) is 10.6 Å². The molecule has 7 nitrogen and oxygen atoms in total. The number of rotatable bonds is 5. The summed E-state index contributed by atoms with van der Waals surface area (Å²) in [5.41, 5.74) is 0.902. The second kappa shape index (κ2) is 6.76. The van der Waals surface area contributed by atoms with Crippen molar-refractivity contribution in [1.82, 2.24) is 8.61 Å². The van der Waals surface area contributed by atoms with Gasteiger partial charge in [0.25, 0.3) is 0 Å². The Morgan fingerprint density at radius 2 is 1.61 bits per heavy atom. The smallest absolute Gasteiger partial charge is 0.246 e. The molecule has 1 aromatic carbocycles. The molecule has 9 heteroatoms. The van der Waals surface area contributed by atoms with E-state index in [1.165, 1.54) is 15.7 Å². The maximum absolute atomic E-state index is 12.9. The van der Waals surface area contributed by atoms with Gasteiger partial charge in [-0.05, 0) is 24.1 Å². The summed E-state index contributed by atoms with van der Waals surface area (Å²) in [6, 6.07) is 5.11. The Bertz CT molecular complexity index is 766. The molecular weight excluding hydrogens is 340 g/mol. The van der Waals surface area contributed by atoms with Crippen LogP contribution in [0.2, 0.25) is 0 Å². The molecule has 0 spiro atoms. The van der Waals surface area contributed by atoms with E-state index in [2.05, 4.69) is 0 Å². The number of piperazine rings is 1. The van der Waals surface area contributed by atoms with Crippen LogP contribution in [-0.2, 0) is 26.5 Å². The highest BCUT2D eigenvalue weighted by Gasteiger charge is 2.33. The minimum absolute atomic E-state index is 0.132. The third-order valence-corrected chi connectivity index (χ3v) is 7.14. The number of hydrogen-bond acceptors (Lipinski definition) is 5. The molecular formula is C14H22N2O5S2. The van der Waals surface area contributed by atoms with Gasteiger partial charge >= 0.3 is 0 Å². The SMILES string of the molecule is CCc1ccc(OC)c(S(=O)(=O)N2CCN(S(C)(=O)=O)CC2)c1. The third-order valence-electron chi connectivity index (χ3n) is 3.92. The van der Waals surface area contributed by atoms with Gasteiger partial charge in [0.05, 0.1) is 13.4 Å². The number of benzene rings is 1. The van der Waals surface area contributed by atoms with Crippen LogP contribution in [0.1, 0.15) is 12.5 Å². The fourth-order valence-corrected chi connectivity index (χ4v) is 4.98. The van der Waals surface area contributed by atoms with Crippen LogP contribution in [0.15, 0.2) is 23.1 Å². The molecule has 1 aromatic rings. The molecule has 0 N–H and O–H groups in total. The van der Waals surface area contributed by atoms with Gasteiger partial charge < -0.3 is 4.74 Å². The lowest BCUT2D eigenvalue weighted by atomic mass is 10.2. The first-order valence-corrected chi connectivity index (χ1v) is 10.6. The second-order valence-electron chi connectivity index (χ2n) is 5.40. The summed E-state index contributed by atoms with van der Waals surface area (Å²) in [4.78, 5) is 0.132. The third kappa shape index (κ3) is 3.85. The molecule has 1 saturated heterocycles. The van der Waals surface area contributed by atoms with Crippen LogP contribution >= 0.6 is 0 Å². The zero-order chi connectivity index (χ0) is 17.3. The van der Waals surface area contributed by atoms with E-state index in [4.69, 9.17) is 4.74 Å². The van der Waals surface area contributed by atoms with E-state index in [9.17, 15) is 16.8 Å². The molecule has 0 saturated carbocycles. The van der Waals surface area contributed by atoms with Crippen molar-refractivity contribution in [1.29, 1.82) is 0 Å². The molecule has 1 fully saturated rings. The van der Waals surface area contributed by atoms with E-state index in [0.717, 1.165) is 11.8 Å². The van der Waals surface area contributed by atoms with E-state index in [-0.39, 0.29) is 31.1 Å². The zero-order valence-corrected chi connectivity index (χ0v) is 15.2. The first-order chi connectivity index (χ1) is 10.7. The van der Waals surface area contributed by atoms with Crippen LogP contribution in [0.4, 0.5) is 0 Å². The molecule has 2 rings (SSSR count). The second-order valence-corrected chi connectivity index (χ2v) is 9.29. The lowest BCUT2D eigenvalue weighted by Crippen LogP contribution is -2.50. The van der Waals surface area contributed by atoms with Crippen molar-refractivity contribution in [2.24, 2.45) is 0 Å². The molecule has 0 bridgehead atoms. The molecule has 0 aromatic heterocycles. The standard InChI is InChI=1S/C14H22N2O5S2/c1-4-12-5-6-13(21-2)14(11-12)23(19,20)16-9-7-15(8-10-16)22(3,17)18/h5-6,11H,4,7-10H2,1-3H3. The Kier molecular flexibility index (Phi) is 5.34. The van der Waals surface area contributed by atoms with Crippen molar-refractivity contribution >= 4 is 20.0 Å². The van der Waals surface area contributed by atoms with Gasteiger partial charge in [-0.25, -0.2) is 16.8 Å². The molecule has 1 aliphatic rings. The number of aryl methyl sites for hydroxylation is 1. The normalized spacial score (nSPS) is 18.0. The van der Waals surface area contributed by atoms with Gasteiger partial charge in [-0.3, -0.25) is 0 Å². The summed E-state index contributed by atoms with van der Waals surface area (Å²) in [5, 5.41) is 0. The number of methoxy groups -OCH3 is 1. The molecule has 0 radical (unpaired) electrons. The molecule has 0 aliphatic carbocycles. The van der Waals surface area contributed by atoms with E-state index in [1.54, 1.807) is 12.1 Å². The lowest BCUT2D eigenvalue weighted by Gasteiger charge is -2.32. The molecule has 0 unspecified atom stereocenters. The van der Waals surface area contributed by atoms with Crippen LogP contribution in [-0.4, -0.2) is 65.0 Å². The average Bonchev–Trinajstić information content (AvgIpc) is 2.53. The van der Waals surface area contributed by atoms with Crippen molar-refractivity contribution in [3.63, 3.8) is 0 Å². The van der Waals surface area contributed by atoms with Gasteiger partial charge in [-0.15, -0.1) is 0 Å².